The van der Waals surface area contributed by atoms with E-state index in [-0.39, 0.29) is 0 Å². The molecule has 0 radical (unpaired) electrons. The summed E-state index contributed by atoms with van der Waals surface area (Å²) in [4.78, 5) is 0. The number of nitrogens with zero attached hydrogens (tertiary/aromatic N) is 5. The van der Waals surface area contributed by atoms with Gasteiger partial charge >= 0.3 is 0 Å². The molecule has 2 heterocycles. The van der Waals surface area contributed by atoms with E-state index in [1.54, 1.807) is 0 Å². The molecule has 7 aromatic carbocycles. The Bertz CT molecular complexity index is 2970. The van der Waals surface area contributed by atoms with Crippen LogP contribution in [0, 0.1) is 34.0 Å². The van der Waals surface area contributed by atoms with Crippen LogP contribution in [0.5, 0.6) is 0 Å². The Hall–Kier alpha value is -7.39. The maximum atomic E-state index is 10.8. The second kappa shape index (κ2) is 11.4. The predicted molar refractivity (Wildman–Crippen MR) is 200 cm³/mol. The van der Waals surface area contributed by atoms with Gasteiger partial charge in [-0.05, 0) is 72.3 Å². The van der Waals surface area contributed by atoms with Gasteiger partial charge in [0.2, 0.25) is 0 Å². The fourth-order valence-electron chi connectivity index (χ4n) is 7.47. The molecule has 0 bridgehead atoms. The highest BCUT2D eigenvalue weighted by Crippen LogP contribution is 2.40. The first-order chi connectivity index (χ1) is 24.7. The number of aromatic nitrogens is 2. The van der Waals surface area contributed by atoms with E-state index in [0.29, 0.717) is 16.7 Å². The van der Waals surface area contributed by atoms with Crippen LogP contribution >= 0.6 is 0 Å². The molecule has 0 spiro atoms. The van der Waals surface area contributed by atoms with Gasteiger partial charge in [0.05, 0.1) is 56.6 Å². The number of para-hydroxylation sites is 3. The lowest BCUT2D eigenvalue weighted by molar-refractivity contribution is 1.18. The van der Waals surface area contributed by atoms with Crippen molar-refractivity contribution in [2.45, 2.75) is 0 Å². The third-order valence-electron chi connectivity index (χ3n) is 9.63. The first-order valence-corrected chi connectivity index (χ1v) is 16.3. The van der Waals surface area contributed by atoms with Gasteiger partial charge in [-0.1, -0.05) is 84.9 Å². The summed E-state index contributed by atoms with van der Waals surface area (Å²) in [5.41, 5.74) is 11.4. The fourth-order valence-corrected chi connectivity index (χ4v) is 7.47. The maximum absolute atomic E-state index is 10.8. The lowest BCUT2D eigenvalue weighted by Gasteiger charge is -2.17. The molecule has 0 atom stereocenters. The summed E-state index contributed by atoms with van der Waals surface area (Å²) in [7, 11) is 0. The Labute approximate surface area is 287 Å². The molecule has 0 amide bonds. The molecule has 9 aromatic rings. The summed E-state index contributed by atoms with van der Waals surface area (Å²) >= 11 is 0. The van der Waals surface area contributed by atoms with Crippen molar-refractivity contribution >= 4 is 43.6 Å². The molecule has 230 valence electrons. The van der Waals surface area contributed by atoms with Crippen LogP contribution in [0.15, 0.2) is 152 Å². The van der Waals surface area contributed by atoms with Gasteiger partial charge in [0.15, 0.2) is 0 Å². The number of hydrogen-bond donors (Lipinski definition) is 0. The molecular formula is C45H25N5. The Morgan fingerprint density at radius 3 is 1.60 bits per heavy atom. The van der Waals surface area contributed by atoms with Gasteiger partial charge in [-0.2, -0.15) is 15.8 Å². The molecule has 0 N–H and O–H groups in total. The minimum atomic E-state index is 0.588. The van der Waals surface area contributed by atoms with Crippen molar-refractivity contribution in [1.82, 2.24) is 9.13 Å². The maximum Gasteiger partial charge on any atom is 0.100 e. The summed E-state index contributed by atoms with van der Waals surface area (Å²) in [5, 5.41) is 34.2. The van der Waals surface area contributed by atoms with Gasteiger partial charge < -0.3 is 9.13 Å². The van der Waals surface area contributed by atoms with Crippen molar-refractivity contribution in [3.05, 3.63) is 168 Å². The first-order valence-electron chi connectivity index (χ1n) is 16.3. The number of fused-ring (bicyclic) bond motifs is 6. The van der Waals surface area contributed by atoms with Gasteiger partial charge in [0, 0.05) is 43.9 Å². The third-order valence-corrected chi connectivity index (χ3v) is 9.63. The van der Waals surface area contributed by atoms with Crippen LogP contribution < -0.4 is 0 Å². The average Bonchev–Trinajstić information content (AvgIpc) is 3.69. The zero-order valence-electron chi connectivity index (χ0n) is 26.7. The van der Waals surface area contributed by atoms with Gasteiger partial charge in [0.25, 0.3) is 0 Å². The number of hydrogen-bond acceptors (Lipinski definition) is 3. The topological polar surface area (TPSA) is 81.2 Å². The van der Waals surface area contributed by atoms with E-state index in [9.17, 15) is 15.8 Å². The minimum Gasteiger partial charge on any atom is -0.309 e. The average molecular weight is 636 g/mol. The molecule has 0 aliphatic carbocycles. The lowest BCUT2D eigenvalue weighted by Crippen LogP contribution is -1.99. The third kappa shape index (κ3) is 4.31. The molecule has 5 heteroatoms. The molecule has 0 aliphatic heterocycles. The molecular weight excluding hydrogens is 611 g/mol. The highest BCUT2D eigenvalue weighted by atomic mass is 15.0. The summed E-state index contributed by atoms with van der Waals surface area (Å²) < 4.78 is 4.45. The largest absolute Gasteiger partial charge is 0.309 e. The number of rotatable bonds is 4. The van der Waals surface area contributed by atoms with E-state index in [0.717, 1.165) is 77.2 Å². The van der Waals surface area contributed by atoms with Crippen LogP contribution in [0.3, 0.4) is 0 Å². The highest BCUT2D eigenvalue weighted by molar-refractivity contribution is 6.11. The first kappa shape index (κ1) is 28.8. The van der Waals surface area contributed by atoms with Crippen LogP contribution in [0.25, 0.3) is 77.2 Å². The molecule has 0 aliphatic rings. The normalized spacial score (nSPS) is 11.1. The monoisotopic (exact) mass is 635 g/mol. The standard InChI is InChI=1S/C45H25N5/c46-26-29-19-21-44-38(23-29)36-12-2-4-16-41(36)49(44)32-10-7-9-31(25-32)33-14-8-15-34(40(33)28-48)35-11-1-5-17-42(35)50-43-18-6-3-13-37(43)39-24-30(27-47)20-22-45(39)50/h1-25H. The van der Waals surface area contributed by atoms with Crippen LogP contribution in [0.4, 0.5) is 0 Å². The fraction of sp³-hybridized carbons (Fsp3) is 0. The Morgan fingerprint density at radius 1 is 0.380 bits per heavy atom. The minimum absolute atomic E-state index is 0.588. The van der Waals surface area contributed by atoms with Gasteiger partial charge in [-0.25, -0.2) is 0 Å². The van der Waals surface area contributed by atoms with Crippen molar-refractivity contribution in [2.75, 3.05) is 0 Å². The molecule has 50 heavy (non-hydrogen) atoms. The Balaban J connectivity index is 1.24. The van der Waals surface area contributed by atoms with Gasteiger partial charge in [0.1, 0.15) is 6.07 Å². The van der Waals surface area contributed by atoms with E-state index in [2.05, 4.69) is 81.9 Å². The smallest absolute Gasteiger partial charge is 0.100 e. The Kier molecular flexibility index (Phi) is 6.56. The van der Waals surface area contributed by atoms with Crippen LogP contribution in [-0.4, -0.2) is 9.13 Å². The predicted octanol–water partition coefficient (Wildman–Crippen LogP) is 10.8. The molecule has 9 rings (SSSR count). The van der Waals surface area contributed by atoms with E-state index in [1.807, 2.05) is 97.1 Å². The van der Waals surface area contributed by atoms with E-state index in [4.69, 9.17) is 0 Å². The van der Waals surface area contributed by atoms with E-state index >= 15 is 0 Å². The molecule has 0 saturated heterocycles. The molecule has 5 nitrogen and oxygen atoms in total. The summed E-state index contributed by atoms with van der Waals surface area (Å²) in [6.07, 6.45) is 0. The van der Waals surface area contributed by atoms with Crippen molar-refractivity contribution in [1.29, 1.82) is 15.8 Å². The van der Waals surface area contributed by atoms with Crippen LogP contribution in [0.2, 0.25) is 0 Å². The number of nitriles is 3. The zero-order chi connectivity index (χ0) is 33.8. The lowest BCUT2D eigenvalue weighted by atomic mass is 9.91. The SMILES string of the molecule is N#Cc1ccc2c(c1)c1ccccc1n2-c1cccc(-c2cccc(-c3ccccc3-n3c4ccccc4c4cc(C#N)ccc43)c2C#N)c1. The van der Waals surface area contributed by atoms with Gasteiger partial charge in [-0.3, -0.25) is 0 Å². The highest BCUT2D eigenvalue weighted by Gasteiger charge is 2.20. The second-order valence-electron chi connectivity index (χ2n) is 12.3. The zero-order valence-corrected chi connectivity index (χ0v) is 26.7. The quantitative estimate of drug-likeness (QED) is 0.193. The summed E-state index contributed by atoms with van der Waals surface area (Å²) in [5.74, 6) is 0. The van der Waals surface area contributed by atoms with Crippen LogP contribution in [0.1, 0.15) is 16.7 Å². The van der Waals surface area contributed by atoms with E-state index < -0.39 is 0 Å². The Morgan fingerprint density at radius 2 is 0.920 bits per heavy atom. The molecule has 2 aromatic heterocycles. The second-order valence-corrected chi connectivity index (χ2v) is 12.3. The van der Waals surface area contributed by atoms with Gasteiger partial charge in [-0.15, -0.1) is 0 Å². The molecule has 0 unspecified atom stereocenters. The van der Waals surface area contributed by atoms with Crippen LogP contribution in [-0.2, 0) is 0 Å². The summed E-state index contributed by atoms with van der Waals surface area (Å²) in [6, 6.07) is 57.8. The number of benzene rings is 7. The summed E-state index contributed by atoms with van der Waals surface area (Å²) in [6.45, 7) is 0. The van der Waals surface area contributed by atoms with E-state index in [1.165, 1.54) is 0 Å². The van der Waals surface area contributed by atoms with Crippen molar-refractivity contribution in [3.8, 4) is 51.8 Å². The van der Waals surface area contributed by atoms with Crippen molar-refractivity contribution < 1.29 is 0 Å². The molecule has 0 fully saturated rings. The van der Waals surface area contributed by atoms with Crippen molar-refractivity contribution in [2.24, 2.45) is 0 Å². The van der Waals surface area contributed by atoms with Crippen molar-refractivity contribution in [3.63, 3.8) is 0 Å². The molecule has 0 saturated carbocycles.